The van der Waals surface area contributed by atoms with Crippen LogP contribution in [0.25, 0.3) is 0 Å². The second-order valence-electron chi connectivity index (χ2n) is 9.58. The Bertz CT molecular complexity index is 1280. The van der Waals surface area contributed by atoms with Crippen LogP contribution in [-0.2, 0) is 20.4 Å². The first-order valence-corrected chi connectivity index (χ1v) is 13.3. The van der Waals surface area contributed by atoms with Crippen LogP contribution in [0.3, 0.4) is 0 Å². The van der Waals surface area contributed by atoms with E-state index in [0.717, 1.165) is 0 Å². The molecule has 1 N–H and O–H groups in total. The van der Waals surface area contributed by atoms with Crippen molar-refractivity contribution in [1.29, 1.82) is 0 Å². The minimum atomic E-state index is -4.86. The molecule has 1 aromatic rings. The van der Waals surface area contributed by atoms with Gasteiger partial charge in [-0.1, -0.05) is 42.3 Å². The Kier molecular flexibility index (Phi) is 7.13. The van der Waals surface area contributed by atoms with Gasteiger partial charge in [0.15, 0.2) is 5.60 Å². The van der Waals surface area contributed by atoms with Gasteiger partial charge in [0, 0.05) is 43.0 Å². The zero-order valence-electron chi connectivity index (χ0n) is 19.9. The Labute approximate surface area is 214 Å². The van der Waals surface area contributed by atoms with E-state index in [1.165, 1.54) is 28.6 Å². The van der Waals surface area contributed by atoms with E-state index in [4.69, 9.17) is 17.0 Å². The second-order valence-corrected chi connectivity index (χ2v) is 12.0. The number of hydrogen-bond acceptors (Lipinski definition) is 6. The lowest BCUT2D eigenvalue weighted by molar-refractivity contribution is -0.258. The molecule has 0 bridgehead atoms. The molecule has 0 spiro atoms. The normalized spacial score (nSPS) is 22.2. The molecule has 3 aliphatic rings. The molecule has 0 radical (unpaired) electrons. The number of nitrogens with zero attached hydrogens (tertiary/aromatic N) is 2. The third kappa shape index (κ3) is 5.10. The van der Waals surface area contributed by atoms with E-state index in [2.05, 4.69) is 11.8 Å². The van der Waals surface area contributed by atoms with Gasteiger partial charge in [0.1, 0.15) is 0 Å². The Morgan fingerprint density at radius 3 is 2.39 bits per heavy atom. The quantitative estimate of drug-likeness (QED) is 0.466. The minimum Gasteiger partial charge on any atom is -0.378 e. The highest BCUT2D eigenvalue weighted by Gasteiger charge is 2.51. The Morgan fingerprint density at radius 1 is 1.17 bits per heavy atom. The van der Waals surface area contributed by atoms with Crippen molar-refractivity contribution in [2.45, 2.75) is 32.0 Å². The number of sulfonamides is 1. The first kappa shape index (κ1) is 26.8. The third-order valence-electron chi connectivity index (χ3n) is 6.61. The van der Waals surface area contributed by atoms with Gasteiger partial charge in [-0.2, -0.15) is 17.5 Å². The van der Waals surface area contributed by atoms with Gasteiger partial charge in [-0.3, -0.25) is 0 Å². The number of anilines is 1. The smallest absolute Gasteiger partial charge is 0.378 e. The van der Waals surface area contributed by atoms with Gasteiger partial charge in [0.05, 0.1) is 29.2 Å². The fourth-order valence-corrected chi connectivity index (χ4v) is 6.16. The number of halogens is 3. The number of piperazine rings is 1. The average Bonchev–Trinajstić information content (AvgIpc) is 2.81. The van der Waals surface area contributed by atoms with Crippen LogP contribution in [0.1, 0.15) is 31.4 Å². The monoisotopic (exact) mass is 540 g/mol. The summed E-state index contributed by atoms with van der Waals surface area (Å²) >= 11 is 5.24. The maximum Gasteiger partial charge on any atom is 0.421 e. The fourth-order valence-electron chi connectivity index (χ4n) is 4.14. The van der Waals surface area contributed by atoms with Crippen LogP contribution in [0.2, 0.25) is 0 Å². The van der Waals surface area contributed by atoms with E-state index < -0.39 is 27.2 Å². The molecule has 0 amide bonds. The van der Waals surface area contributed by atoms with Gasteiger partial charge >= 0.3 is 6.18 Å². The molecular weight excluding hydrogens is 513 g/mol. The predicted octanol–water partition coefficient (Wildman–Crippen LogP) is 3.51. The molecule has 1 atom stereocenters. The molecule has 0 saturated carbocycles. The van der Waals surface area contributed by atoms with Gasteiger partial charge < -0.3 is 14.7 Å². The maximum atomic E-state index is 13.5. The lowest BCUT2D eigenvalue weighted by atomic mass is 9.88. The summed E-state index contributed by atoms with van der Waals surface area (Å²) < 4.78 is 73.3. The lowest BCUT2D eigenvalue weighted by Gasteiger charge is -2.37. The number of aliphatic hydroxyl groups is 1. The molecule has 1 aromatic carbocycles. The molecule has 36 heavy (non-hydrogen) atoms. The highest BCUT2D eigenvalue weighted by atomic mass is 32.2. The summed E-state index contributed by atoms with van der Waals surface area (Å²) in [5.41, 5.74) is -2.83. The van der Waals surface area contributed by atoms with E-state index in [0.29, 0.717) is 55.8 Å². The number of ether oxygens (including phenoxy) is 1. The molecule has 4 rings (SSSR count). The summed E-state index contributed by atoms with van der Waals surface area (Å²) in [7, 11) is -3.74. The molecule has 2 aliphatic heterocycles. The van der Waals surface area contributed by atoms with Gasteiger partial charge in [0.25, 0.3) is 0 Å². The molecule has 11 heteroatoms. The maximum absolute atomic E-state index is 13.5. The molecule has 6 nitrogen and oxygen atoms in total. The highest BCUT2D eigenvalue weighted by molar-refractivity contribution is 7.96. The SMILES string of the molecule is CC1(C#Cc2cc([C@@](C)(O)C(F)(F)F)ccc2N2CCN(S(=O)(=O)C3=CC=CCC3=S)CC2)COC1. The molecular formula is C25H27F3N2O4S2. The van der Waals surface area contributed by atoms with Crippen LogP contribution in [0, 0.1) is 17.3 Å². The number of thiocarbonyl (C=S) groups is 1. The first-order chi connectivity index (χ1) is 16.7. The van der Waals surface area contributed by atoms with Crippen LogP contribution in [0.4, 0.5) is 18.9 Å². The summed E-state index contributed by atoms with van der Waals surface area (Å²) in [5.74, 6) is 6.09. The van der Waals surface area contributed by atoms with E-state index in [1.54, 1.807) is 12.2 Å². The number of rotatable bonds is 4. The van der Waals surface area contributed by atoms with Crippen LogP contribution in [0.5, 0.6) is 0 Å². The van der Waals surface area contributed by atoms with Crippen LogP contribution < -0.4 is 4.90 Å². The Hall–Kier alpha value is -2.23. The largest absolute Gasteiger partial charge is 0.421 e. The topological polar surface area (TPSA) is 70.1 Å². The van der Waals surface area contributed by atoms with E-state index in [-0.39, 0.29) is 23.6 Å². The second kappa shape index (κ2) is 9.58. The number of hydrogen-bond donors (Lipinski definition) is 1. The molecule has 2 fully saturated rings. The summed E-state index contributed by atoms with van der Waals surface area (Å²) in [6.07, 6.45) is 0.529. The first-order valence-electron chi connectivity index (χ1n) is 11.4. The third-order valence-corrected chi connectivity index (χ3v) is 9.11. The van der Waals surface area contributed by atoms with Crippen LogP contribution in [-0.4, -0.2) is 68.3 Å². The van der Waals surface area contributed by atoms with Crippen molar-refractivity contribution in [2.24, 2.45) is 5.41 Å². The standard InChI is InChI=1S/C25H27F3N2O4S2/c1-23(16-34-17-23)10-9-18-15-19(24(2,31)25(26,27)28)7-8-20(18)29-11-13-30(14-12-29)36(32,33)22-6-4-3-5-21(22)35/h3-4,6-8,15,31H,5,11-14,16-17H2,1-2H3/t24-/m1/s1. The van der Waals surface area contributed by atoms with Crippen molar-refractivity contribution in [2.75, 3.05) is 44.3 Å². The zero-order chi connectivity index (χ0) is 26.4. The lowest BCUT2D eigenvalue weighted by Crippen LogP contribution is -2.49. The molecule has 194 valence electrons. The van der Waals surface area contributed by atoms with Crippen molar-refractivity contribution in [3.05, 3.63) is 52.5 Å². The average molecular weight is 541 g/mol. The van der Waals surface area contributed by atoms with Crippen molar-refractivity contribution in [1.82, 2.24) is 4.31 Å². The van der Waals surface area contributed by atoms with Crippen LogP contribution in [0.15, 0.2) is 41.3 Å². The van der Waals surface area contributed by atoms with Crippen molar-refractivity contribution >= 4 is 32.8 Å². The predicted molar refractivity (Wildman–Crippen MR) is 135 cm³/mol. The van der Waals surface area contributed by atoms with E-state index in [1.807, 2.05) is 11.8 Å². The molecule has 0 aromatic heterocycles. The summed E-state index contributed by atoms with van der Waals surface area (Å²) in [5, 5.41) is 10.2. The van der Waals surface area contributed by atoms with Gasteiger partial charge in [-0.15, -0.1) is 0 Å². The summed E-state index contributed by atoms with van der Waals surface area (Å²) in [4.78, 5) is 2.41. The Balaban J connectivity index is 1.61. The fraction of sp³-hybridized carbons (Fsp3) is 0.480. The van der Waals surface area contributed by atoms with Crippen molar-refractivity contribution < 1.29 is 31.4 Å². The van der Waals surface area contributed by atoms with Gasteiger partial charge in [-0.25, -0.2) is 8.42 Å². The number of alkyl halides is 3. The van der Waals surface area contributed by atoms with E-state index >= 15 is 0 Å². The molecule has 2 heterocycles. The summed E-state index contributed by atoms with van der Waals surface area (Å²) in [6.45, 7) is 4.49. The zero-order valence-corrected chi connectivity index (χ0v) is 21.6. The van der Waals surface area contributed by atoms with Crippen molar-refractivity contribution in [3.63, 3.8) is 0 Å². The van der Waals surface area contributed by atoms with Gasteiger partial charge in [-0.05, 0) is 37.6 Å². The number of allylic oxidation sites excluding steroid dienone is 4. The van der Waals surface area contributed by atoms with E-state index in [9.17, 15) is 26.7 Å². The molecule has 1 aliphatic carbocycles. The number of benzene rings is 1. The minimum absolute atomic E-state index is 0.134. The highest BCUT2D eigenvalue weighted by Crippen LogP contribution is 2.40. The summed E-state index contributed by atoms with van der Waals surface area (Å²) in [6, 6.07) is 4.01. The molecule has 2 saturated heterocycles. The van der Waals surface area contributed by atoms with Gasteiger partial charge in [0.2, 0.25) is 10.0 Å². The molecule has 0 unspecified atom stereocenters. The van der Waals surface area contributed by atoms with Crippen molar-refractivity contribution in [3.8, 4) is 11.8 Å². The van der Waals surface area contributed by atoms with Crippen LogP contribution >= 0.6 is 12.2 Å². The Morgan fingerprint density at radius 2 is 1.83 bits per heavy atom.